The maximum Gasteiger partial charge on any atom is 0.320 e. The predicted octanol–water partition coefficient (Wildman–Crippen LogP) is 0.355. The van der Waals surface area contributed by atoms with Crippen molar-refractivity contribution in [3.63, 3.8) is 0 Å². The number of aromatic hydroxyl groups is 1. The number of benzene rings is 1. The lowest BCUT2D eigenvalue weighted by atomic mass is 10.1. The summed E-state index contributed by atoms with van der Waals surface area (Å²) < 4.78 is 25.2. The maximum absolute atomic E-state index is 10.6. The molecule has 0 bridgehead atoms. The molecule has 0 fully saturated rings. The number of phenols is 1. The van der Waals surface area contributed by atoms with Crippen LogP contribution < -0.4 is 10.5 Å². The van der Waals surface area contributed by atoms with Crippen LogP contribution in [0.15, 0.2) is 18.2 Å². The lowest BCUT2D eigenvalue weighted by Gasteiger charge is -2.08. The predicted molar refractivity (Wildman–Crippen MR) is 54.0 cm³/mol. The number of hydrogen-bond donors (Lipinski definition) is 3. The molecular weight excluding hydrogens is 198 g/mol. The Bertz CT molecular complexity index is 447. The van der Waals surface area contributed by atoms with E-state index in [-0.39, 0.29) is 17.9 Å². The second-order valence-corrected chi connectivity index (χ2v) is 3.05. The molecule has 4 N–H and O–H groups in total. The van der Waals surface area contributed by atoms with E-state index in [9.17, 15) is 9.90 Å². The summed E-state index contributed by atoms with van der Waals surface area (Å²) >= 11 is 0. The lowest BCUT2D eigenvalue weighted by molar-refractivity contribution is -0.138. The standard InChI is InChI=1S/C10H13NO4/c1-15-9-3-2-6(5-8(9)12)4-7(11)10(13)14/h2-3,5,7,12H,4,11H2,1H3,(H,13,14)/t7-/m0/s1/i1D3. The van der Waals surface area contributed by atoms with Gasteiger partial charge in [0, 0.05) is 0 Å². The Morgan fingerprint density at radius 2 is 2.47 bits per heavy atom. The van der Waals surface area contributed by atoms with Gasteiger partial charge in [-0.25, -0.2) is 0 Å². The zero-order chi connectivity index (χ0) is 13.9. The first kappa shape index (κ1) is 7.53. The molecule has 0 unspecified atom stereocenters. The molecule has 1 aromatic rings. The van der Waals surface area contributed by atoms with Crippen molar-refractivity contribution in [2.45, 2.75) is 12.5 Å². The summed E-state index contributed by atoms with van der Waals surface area (Å²) in [6, 6.07) is 2.85. The van der Waals surface area contributed by atoms with Gasteiger partial charge in [0.15, 0.2) is 11.5 Å². The topological polar surface area (TPSA) is 92.8 Å². The van der Waals surface area contributed by atoms with Crippen molar-refractivity contribution >= 4 is 5.97 Å². The van der Waals surface area contributed by atoms with Crippen LogP contribution >= 0.6 is 0 Å². The molecule has 1 aromatic carbocycles. The van der Waals surface area contributed by atoms with E-state index in [1.807, 2.05) is 0 Å². The number of nitrogens with two attached hydrogens (primary N) is 1. The monoisotopic (exact) mass is 214 g/mol. The smallest absolute Gasteiger partial charge is 0.320 e. The van der Waals surface area contributed by atoms with E-state index in [1.54, 1.807) is 0 Å². The minimum atomic E-state index is -2.66. The van der Waals surface area contributed by atoms with E-state index in [0.29, 0.717) is 5.56 Å². The van der Waals surface area contributed by atoms with E-state index >= 15 is 0 Å². The minimum absolute atomic E-state index is 0.0247. The third kappa shape index (κ3) is 2.85. The molecule has 82 valence electrons. The molecule has 1 rings (SSSR count). The molecular formula is C10H13NO4. The van der Waals surface area contributed by atoms with Crippen LogP contribution in [0.25, 0.3) is 0 Å². The number of aliphatic carboxylic acids is 1. The Labute approximate surface area is 91.3 Å². The van der Waals surface area contributed by atoms with Crippen molar-refractivity contribution in [1.29, 1.82) is 0 Å². The first-order chi connectivity index (χ1) is 8.19. The van der Waals surface area contributed by atoms with Gasteiger partial charge in [0.25, 0.3) is 0 Å². The van der Waals surface area contributed by atoms with Gasteiger partial charge >= 0.3 is 5.97 Å². The molecule has 0 aromatic heterocycles. The Morgan fingerprint density at radius 3 is 3.00 bits per heavy atom. The molecule has 1 atom stereocenters. The third-order valence-corrected chi connectivity index (χ3v) is 1.91. The van der Waals surface area contributed by atoms with E-state index in [2.05, 4.69) is 4.74 Å². The van der Waals surface area contributed by atoms with E-state index < -0.39 is 19.0 Å². The average molecular weight is 214 g/mol. The number of carboxylic acids is 1. The van der Waals surface area contributed by atoms with Gasteiger partial charge in [-0.05, 0) is 24.1 Å². The number of rotatable bonds is 4. The average Bonchev–Trinajstić information content (AvgIpc) is 2.20. The molecule has 0 aliphatic heterocycles. The highest BCUT2D eigenvalue weighted by atomic mass is 16.5. The molecule has 0 saturated heterocycles. The van der Waals surface area contributed by atoms with Crippen molar-refractivity contribution in [2.24, 2.45) is 5.73 Å². The van der Waals surface area contributed by atoms with E-state index in [1.165, 1.54) is 18.2 Å². The number of carbonyl (C=O) groups is 1. The molecule has 0 aliphatic carbocycles. The largest absolute Gasteiger partial charge is 0.504 e. The maximum atomic E-state index is 10.6. The second kappa shape index (κ2) is 4.65. The molecule has 5 heteroatoms. The number of phenolic OH excluding ortho intramolecular Hbond substituents is 1. The van der Waals surface area contributed by atoms with Crippen LogP contribution in [0.2, 0.25) is 0 Å². The molecule has 15 heavy (non-hydrogen) atoms. The molecule has 5 nitrogen and oxygen atoms in total. The molecule has 0 spiro atoms. The van der Waals surface area contributed by atoms with E-state index in [4.69, 9.17) is 15.0 Å². The third-order valence-electron chi connectivity index (χ3n) is 1.91. The fourth-order valence-corrected chi connectivity index (χ4v) is 1.12. The van der Waals surface area contributed by atoms with Crippen molar-refractivity contribution < 1.29 is 23.9 Å². The number of carboxylic acid groups (broad SMARTS) is 1. The van der Waals surface area contributed by atoms with Gasteiger partial charge in [0.05, 0.1) is 11.2 Å². The van der Waals surface area contributed by atoms with Crippen LogP contribution in [0.3, 0.4) is 0 Å². The van der Waals surface area contributed by atoms with Crippen molar-refractivity contribution in [3.05, 3.63) is 23.8 Å². The highest BCUT2D eigenvalue weighted by molar-refractivity contribution is 5.73. The summed E-state index contributed by atoms with van der Waals surface area (Å²) in [5, 5.41) is 18.2. The van der Waals surface area contributed by atoms with Gasteiger partial charge in [-0.2, -0.15) is 0 Å². The zero-order valence-electron chi connectivity index (χ0n) is 10.8. The fourth-order valence-electron chi connectivity index (χ4n) is 1.12. The summed E-state index contributed by atoms with van der Waals surface area (Å²) in [5.41, 5.74) is 5.81. The second-order valence-electron chi connectivity index (χ2n) is 3.05. The summed E-state index contributed by atoms with van der Waals surface area (Å²) in [6.45, 7) is 0. The number of methoxy groups -OCH3 is 1. The van der Waals surface area contributed by atoms with Gasteiger partial charge in [-0.1, -0.05) is 6.07 Å². The summed E-state index contributed by atoms with van der Waals surface area (Å²) in [5.74, 6) is -1.72. The number of hydrogen-bond acceptors (Lipinski definition) is 4. The Kier molecular flexibility index (Phi) is 2.34. The van der Waals surface area contributed by atoms with Gasteiger partial charge in [-0.15, -0.1) is 0 Å². The minimum Gasteiger partial charge on any atom is -0.504 e. The molecule has 0 amide bonds. The van der Waals surface area contributed by atoms with Crippen LogP contribution in [0.1, 0.15) is 9.68 Å². The summed E-state index contributed by atoms with van der Waals surface area (Å²) in [7, 11) is -2.66. The van der Waals surface area contributed by atoms with Crippen LogP contribution in [-0.4, -0.2) is 29.3 Å². The lowest BCUT2D eigenvalue weighted by Crippen LogP contribution is -2.32. The molecule has 0 radical (unpaired) electrons. The van der Waals surface area contributed by atoms with Crippen LogP contribution in [-0.2, 0) is 11.2 Å². The fraction of sp³-hybridized carbons (Fsp3) is 0.300. The van der Waals surface area contributed by atoms with Crippen LogP contribution in [0, 0.1) is 0 Å². The van der Waals surface area contributed by atoms with Gasteiger partial charge < -0.3 is 20.7 Å². The van der Waals surface area contributed by atoms with Crippen molar-refractivity contribution in [3.8, 4) is 11.5 Å². The normalized spacial score (nSPS) is 15.9. The summed E-state index contributed by atoms with van der Waals surface area (Å²) in [4.78, 5) is 10.6. The quantitative estimate of drug-likeness (QED) is 0.672. The van der Waals surface area contributed by atoms with Crippen molar-refractivity contribution in [2.75, 3.05) is 7.04 Å². The van der Waals surface area contributed by atoms with Crippen LogP contribution in [0.4, 0.5) is 0 Å². The molecule has 0 aliphatic rings. The Hall–Kier alpha value is -1.75. The molecule has 0 saturated carbocycles. The van der Waals surface area contributed by atoms with Crippen molar-refractivity contribution in [1.82, 2.24) is 0 Å². The highest BCUT2D eigenvalue weighted by Gasteiger charge is 2.13. The number of ether oxygens (including phenoxy) is 1. The first-order valence-electron chi connectivity index (χ1n) is 5.68. The van der Waals surface area contributed by atoms with Gasteiger partial charge in [-0.3, -0.25) is 4.79 Å². The molecule has 0 heterocycles. The van der Waals surface area contributed by atoms with Gasteiger partial charge in [0.2, 0.25) is 0 Å². The van der Waals surface area contributed by atoms with E-state index in [0.717, 1.165) is 0 Å². The summed E-state index contributed by atoms with van der Waals surface area (Å²) in [6.07, 6.45) is 0.0247. The van der Waals surface area contributed by atoms with Gasteiger partial charge in [0.1, 0.15) is 6.04 Å². The Balaban J connectivity index is 2.83. The zero-order valence-corrected chi connectivity index (χ0v) is 7.80. The Morgan fingerprint density at radius 1 is 1.73 bits per heavy atom. The highest BCUT2D eigenvalue weighted by Crippen LogP contribution is 2.26. The SMILES string of the molecule is [2H]C([2H])([2H])Oc1ccc(C[C@H](N)C(=O)O)cc1O. The first-order valence-corrected chi connectivity index (χ1v) is 4.18. The van der Waals surface area contributed by atoms with Crippen LogP contribution in [0.5, 0.6) is 11.5 Å².